The van der Waals surface area contributed by atoms with E-state index in [0.29, 0.717) is 6.04 Å². The fourth-order valence-corrected chi connectivity index (χ4v) is 2.77. The molecule has 3 unspecified atom stereocenters. The van der Waals surface area contributed by atoms with Crippen molar-refractivity contribution in [3.8, 4) is 0 Å². The third-order valence-electron chi connectivity index (χ3n) is 4.12. The first-order valence-corrected chi connectivity index (χ1v) is 6.71. The molecular weight excluding hydrogens is 202 g/mol. The van der Waals surface area contributed by atoms with Gasteiger partial charge in [-0.05, 0) is 43.9 Å². The second-order valence-electron chi connectivity index (χ2n) is 5.38. The van der Waals surface area contributed by atoms with Crippen LogP contribution in [0.2, 0.25) is 0 Å². The molecule has 3 atom stereocenters. The maximum atomic E-state index is 11.1. The summed E-state index contributed by atoms with van der Waals surface area (Å²) in [4.78, 5) is 11.1. The van der Waals surface area contributed by atoms with Crippen LogP contribution in [0.1, 0.15) is 51.9 Å². The topological polar surface area (TPSA) is 49.3 Å². The molecular formula is C13H23NO2. The van der Waals surface area contributed by atoms with Gasteiger partial charge < -0.3 is 10.4 Å². The van der Waals surface area contributed by atoms with Crippen molar-refractivity contribution in [3.63, 3.8) is 0 Å². The molecule has 2 N–H and O–H groups in total. The molecule has 0 amide bonds. The van der Waals surface area contributed by atoms with Crippen molar-refractivity contribution in [2.24, 2.45) is 11.8 Å². The van der Waals surface area contributed by atoms with E-state index < -0.39 is 5.97 Å². The van der Waals surface area contributed by atoms with Gasteiger partial charge in [0.25, 0.3) is 0 Å². The monoisotopic (exact) mass is 225 g/mol. The Kier molecular flexibility index (Phi) is 3.85. The largest absolute Gasteiger partial charge is 0.480 e. The summed E-state index contributed by atoms with van der Waals surface area (Å²) in [6.45, 7) is 2.11. The summed E-state index contributed by atoms with van der Waals surface area (Å²) in [7, 11) is 0. The van der Waals surface area contributed by atoms with Gasteiger partial charge in [-0.1, -0.05) is 19.8 Å². The number of carboxylic acids is 1. The van der Waals surface area contributed by atoms with Gasteiger partial charge in [0.1, 0.15) is 6.04 Å². The third kappa shape index (κ3) is 2.76. The van der Waals surface area contributed by atoms with Crippen molar-refractivity contribution in [1.29, 1.82) is 0 Å². The zero-order valence-electron chi connectivity index (χ0n) is 10.1. The summed E-state index contributed by atoms with van der Waals surface area (Å²) in [6, 6.07) is 0.178. The first-order chi connectivity index (χ1) is 7.72. The molecule has 0 aromatic carbocycles. The van der Waals surface area contributed by atoms with Crippen LogP contribution in [-0.2, 0) is 4.79 Å². The average molecular weight is 225 g/mol. The Labute approximate surface area is 97.6 Å². The summed E-state index contributed by atoms with van der Waals surface area (Å²) in [5.41, 5.74) is 0. The highest BCUT2D eigenvalue weighted by Crippen LogP contribution is 2.47. The highest BCUT2D eigenvalue weighted by atomic mass is 16.4. The number of carboxylic acid groups (broad SMARTS) is 1. The SMILES string of the molecule is CCCCC(NC1CCC1C1CC1)C(=O)O. The maximum Gasteiger partial charge on any atom is 0.320 e. The minimum Gasteiger partial charge on any atom is -0.480 e. The number of aliphatic carboxylic acids is 1. The number of hydrogen-bond acceptors (Lipinski definition) is 2. The lowest BCUT2D eigenvalue weighted by atomic mass is 9.76. The smallest absolute Gasteiger partial charge is 0.320 e. The molecule has 0 heterocycles. The van der Waals surface area contributed by atoms with Crippen molar-refractivity contribution >= 4 is 5.97 Å². The number of hydrogen-bond donors (Lipinski definition) is 2. The van der Waals surface area contributed by atoms with Crippen LogP contribution in [0, 0.1) is 11.8 Å². The van der Waals surface area contributed by atoms with Crippen LogP contribution in [-0.4, -0.2) is 23.2 Å². The van der Waals surface area contributed by atoms with Gasteiger partial charge in [0.15, 0.2) is 0 Å². The molecule has 2 aliphatic rings. The Balaban J connectivity index is 1.77. The van der Waals surface area contributed by atoms with Gasteiger partial charge in [-0.2, -0.15) is 0 Å². The maximum absolute atomic E-state index is 11.1. The quantitative estimate of drug-likeness (QED) is 0.699. The molecule has 3 heteroatoms. The Morgan fingerprint density at radius 1 is 1.38 bits per heavy atom. The van der Waals surface area contributed by atoms with E-state index in [1.165, 1.54) is 25.7 Å². The molecule has 2 rings (SSSR count). The molecule has 0 aromatic rings. The van der Waals surface area contributed by atoms with Crippen molar-refractivity contribution in [2.45, 2.75) is 64.0 Å². The molecule has 2 saturated carbocycles. The highest BCUT2D eigenvalue weighted by molar-refractivity contribution is 5.73. The van der Waals surface area contributed by atoms with E-state index in [4.69, 9.17) is 5.11 Å². The van der Waals surface area contributed by atoms with Crippen molar-refractivity contribution in [2.75, 3.05) is 0 Å². The molecule has 92 valence electrons. The van der Waals surface area contributed by atoms with Gasteiger partial charge in [-0.3, -0.25) is 4.79 Å². The van der Waals surface area contributed by atoms with Gasteiger partial charge in [0.05, 0.1) is 0 Å². The van der Waals surface area contributed by atoms with Crippen LogP contribution in [0.3, 0.4) is 0 Å². The summed E-state index contributed by atoms with van der Waals surface area (Å²) < 4.78 is 0. The number of carbonyl (C=O) groups is 1. The first-order valence-electron chi connectivity index (χ1n) is 6.71. The van der Waals surface area contributed by atoms with Crippen molar-refractivity contribution < 1.29 is 9.90 Å². The van der Waals surface area contributed by atoms with E-state index >= 15 is 0 Å². The summed E-state index contributed by atoms with van der Waals surface area (Å²) in [5, 5.41) is 12.5. The molecule has 2 fully saturated rings. The molecule has 0 spiro atoms. The predicted molar refractivity (Wildman–Crippen MR) is 63.3 cm³/mol. The second kappa shape index (κ2) is 5.17. The van der Waals surface area contributed by atoms with Crippen LogP contribution in [0.15, 0.2) is 0 Å². The average Bonchev–Trinajstić information content (AvgIpc) is 3.00. The van der Waals surface area contributed by atoms with E-state index in [1.807, 2.05) is 0 Å². The Bertz CT molecular complexity index is 250. The normalized spacial score (nSPS) is 30.8. The van der Waals surface area contributed by atoms with Crippen molar-refractivity contribution in [1.82, 2.24) is 5.32 Å². The number of nitrogens with one attached hydrogen (secondary N) is 1. The fourth-order valence-electron chi connectivity index (χ4n) is 2.77. The highest BCUT2D eigenvalue weighted by Gasteiger charge is 2.42. The lowest BCUT2D eigenvalue weighted by molar-refractivity contribution is -0.140. The zero-order valence-corrected chi connectivity index (χ0v) is 10.1. The van der Waals surface area contributed by atoms with E-state index in [9.17, 15) is 4.79 Å². The second-order valence-corrected chi connectivity index (χ2v) is 5.38. The molecule has 2 aliphatic carbocycles. The van der Waals surface area contributed by atoms with Crippen LogP contribution in [0.5, 0.6) is 0 Å². The molecule has 0 saturated heterocycles. The van der Waals surface area contributed by atoms with Gasteiger partial charge in [-0.25, -0.2) is 0 Å². The molecule has 16 heavy (non-hydrogen) atoms. The number of rotatable bonds is 7. The van der Waals surface area contributed by atoms with Crippen LogP contribution < -0.4 is 5.32 Å². The van der Waals surface area contributed by atoms with Gasteiger partial charge in [0, 0.05) is 6.04 Å². The lowest BCUT2D eigenvalue weighted by Gasteiger charge is -2.39. The van der Waals surface area contributed by atoms with E-state index in [-0.39, 0.29) is 6.04 Å². The lowest BCUT2D eigenvalue weighted by Crippen LogP contribution is -2.51. The van der Waals surface area contributed by atoms with Gasteiger partial charge >= 0.3 is 5.97 Å². The molecule has 0 aromatic heterocycles. The van der Waals surface area contributed by atoms with E-state index in [1.54, 1.807) is 0 Å². The minimum atomic E-state index is -0.671. The summed E-state index contributed by atoms with van der Waals surface area (Å²) in [5.74, 6) is 1.02. The minimum absolute atomic E-state index is 0.313. The number of unbranched alkanes of at least 4 members (excludes halogenated alkanes) is 1. The van der Waals surface area contributed by atoms with Crippen molar-refractivity contribution in [3.05, 3.63) is 0 Å². The van der Waals surface area contributed by atoms with E-state index in [0.717, 1.165) is 31.1 Å². The van der Waals surface area contributed by atoms with Crippen LogP contribution >= 0.6 is 0 Å². The van der Waals surface area contributed by atoms with Gasteiger partial charge in [0.2, 0.25) is 0 Å². The van der Waals surface area contributed by atoms with Gasteiger partial charge in [-0.15, -0.1) is 0 Å². The zero-order chi connectivity index (χ0) is 11.5. The Morgan fingerprint density at radius 3 is 2.56 bits per heavy atom. The third-order valence-corrected chi connectivity index (χ3v) is 4.12. The summed E-state index contributed by atoms with van der Waals surface area (Å²) >= 11 is 0. The van der Waals surface area contributed by atoms with E-state index in [2.05, 4.69) is 12.2 Å². The fraction of sp³-hybridized carbons (Fsp3) is 0.923. The van der Waals surface area contributed by atoms with Crippen LogP contribution in [0.25, 0.3) is 0 Å². The molecule has 3 nitrogen and oxygen atoms in total. The molecule has 0 bridgehead atoms. The predicted octanol–water partition coefficient (Wildman–Crippen LogP) is 2.41. The summed E-state index contributed by atoms with van der Waals surface area (Å²) in [6.07, 6.45) is 8.08. The Morgan fingerprint density at radius 2 is 2.12 bits per heavy atom. The molecule has 0 radical (unpaired) electrons. The standard InChI is InChI=1S/C13H23NO2/c1-2-3-4-12(13(15)16)14-11-8-7-10(11)9-5-6-9/h9-12,14H,2-8H2,1H3,(H,15,16). The van der Waals surface area contributed by atoms with Crippen LogP contribution in [0.4, 0.5) is 0 Å². The molecule has 0 aliphatic heterocycles. The first kappa shape index (κ1) is 11.9. The Hall–Kier alpha value is -0.570.